The van der Waals surface area contributed by atoms with Crippen LogP contribution in [-0.2, 0) is 9.53 Å². The van der Waals surface area contributed by atoms with Gasteiger partial charge in [0.25, 0.3) is 0 Å². The molecule has 7 heteroatoms. The highest BCUT2D eigenvalue weighted by atomic mass is 16.5. The molecule has 2 atom stereocenters. The lowest BCUT2D eigenvalue weighted by Crippen LogP contribution is -2.43. The number of amides is 1. The van der Waals surface area contributed by atoms with Gasteiger partial charge >= 0.3 is 5.97 Å². The van der Waals surface area contributed by atoms with Crippen molar-refractivity contribution in [1.29, 1.82) is 0 Å². The number of ether oxygens (including phenoxy) is 2. The van der Waals surface area contributed by atoms with Crippen molar-refractivity contribution in [3.05, 3.63) is 53.6 Å². The van der Waals surface area contributed by atoms with Gasteiger partial charge in [-0.25, -0.2) is 4.79 Å². The maximum absolute atomic E-state index is 12.2. The first-order valence-corrected chi connectivity index (χ1v) is 10.2. The number of morpholine rings is 1. The second kappa shape index (κ2) is 8.36. The summed E-state index contributed by atoms with van der Waals surface area (Å²) in [5.74, 6) is -0.355. The molecule has 0 saturated carbocycles. The molecule has 4 rings (SSSR count). The third-order valence-corrected chi connectivity index (χ3v) is 5.71. The minimum absolute atomic E-state index is 0.0525. The van der Waals surface area contributed by atoms with Crippen LogP contribution in [0.1, 0.15) is 42.3 Å². The molecule has 0 unspecified atom stereocenters. The lowest BCUT2D eigenvalue weighted by molar-refractivity contribution is -0.117. The number of carboxylic acid groups (broad SMARTS) is 1. The average Bonchev–Trinajstić information content (AvgIpc) is 2.74. The first kappa shape index (κ1) is 20.2. The van der Waals surface area contributed by atoms with Gasteiger partial charge in [-0.05, 0) is 49.4 Å². The summed E-state index contributed by atoms with van der Waals surface area (Å²) < 4.78 is 11.7. The fourth-order valence-corrected chi connectivity index (χ4v) is 4.26. The molecule has 0 aliphatic carbocycles. The van der Waals surface area contributed by atoms with Crippen LogP contribution in [0.2, 0.25) is 0 Å². The van der Waals surface area contributed by atoms with Crippen LogP contribution in [0.5, 0.6) is 5.75 Å². The lowest BCUT2D eigenvalue weighted by Gasteiger charge is -2.39. The molecule has 2 aromatic carbocycles. The van der Waals surface area contributed by atoms with Crippen LogP contribution < -0.4 is 14.5 Å². The summed E-state index contributed by atoms with van der Waals surface area (Å²) in [6, 6.07) is 12.7. The van der Waals surface area contributed by atoms with Crippen molar-refractivity contribution < 1.29 is 24.2 Å². The predicted octanol–water partition coefficient (Wildman–Crippen LogP) is 3.49. The Morgan fingerprint density at radius 1 is 1.10 bits per heavy atom. The van der Waals surface area contributed by atoms with Gasteiger partial charge in [0.1, 0.15) is 11.9 Å². The number of rotatable bonds is 4. The molecule has 0 radical (unpaired) electrons. The number of benzene rings is 2. The Kier molecular flexibility index (Phi) is 5.63. The fourth-order valence-electron chi connectivity index (χ4n) is 4.26. The number of aromatic carboxylic acids is 1. The predicted molar refractivity (Wildman–Crippen MR) is 113 cm³/mol. The second-order valence-corrected chi connectivity index (χ2v) is 7.75. The molecule has 158 valence electrons. The monoisotopic (exact) mass is 410 g/mol. The van der Waals surface area contributed by atoms with Crippen LogP contribution in [0, 0.1) is 0 Å². The molecule has 2 aromatic rings. The van der Waals surface area contributed by atoms with E-state index in [1.54, 1.807) is 17.0 Å². The quantitative estimate of drug-likeness (QED) is 0.831. The van der Waals surface area contributed by atoms with E-state index in [0.29, 0.717) is 17.9 Å². The number of nitrogens with zero attached hydrogens (tertiary/aromatic N) is 2. The molecule has 2 aliphatic rings. The third-order valence-electron chi connectivity index (χ3n) is 5.71. The number of anilines is 2. The molecule has 2 heterocycles. The maximum Gasteiger partial charge on any atom is 0.335 e. The topological polar surface area (TPSA) is 79.3 Å². The van der Waals surface area contributed by atoms with E-state index in [-0.39, 0.29) is 23.6 Å². The Morgan fingerprint density at radius 3 is 2.43 bits per heavy atom. The number of hydrogen-bond donors (Lipinski definition) is 1. The van der Waals surface area contributed by atoms with E-state index in [9.17, 15) is 14.7 Å². The Balaban J connectivity index is 1.60. The highest BCUT2D eigenvalue weighted by Gasteiger charge is 2.34. The molecule has 0 aromatic heterocycles. The molecule has 0 spiro atoms. The zero-order chi connectivity index (χ0) is 21.3. The van der Waals surface area contributed by atoms with Crippen molar-refractivity contribution in [1.82, 2.24) is 0 Å². The lowest BCUT2D eigenvalue weighted by atomic mass is 9.92. The molecule has 7 nitrogen and oxygen atoms in total. The van der Waals surface area contributed by atoms with Crippen molar-refractivity contribution in [2.75, 3.05) is 36.1 Å². The summed E-state index contributed by atoms with van der Waals surface area (Å²) in [5.41, 5.74) is 2.74. The number of carboxylic acids is 1. The van der Waals surface area contributed by atoms with Gasteiger partial charge in [-0.1, -0.05) is 0 Å². The largest absolute Gasteiger partial charge is 0.486 e. The zero-order valence-corrected chi connectivity index (χ0v) is 17.2. The number of carbonyl (C=O) groups excluding carboxylic acids is 1. The molecule has 1 saturated heterocycles. The Morgan fingerprint density at radius 2 is 1.80 bits per heavy atom. The van der Waals surface area contributed by atoms with E-state index in [2.05, 4.69) is 4.90 Å². The summed E-state index contributed by atoms with van der Waals surface area (Å²) in [6.07, 6.45) is 0.250. The first-order chi connectivity index (χ1) is 14.4. The average molecular weight is 410 g/mol. The minimum Gasteiger partial charge on any atom is -0.486 e. The van der Waals surface area contributed by atoms with Gasteiger partial charge in [0.15, 0.2) is 0 Å². The van der Waals surface area contributed by atoms with E-state index in [1.165, 1.54) is 13.0 Å². The summed E-state index contributed by atoms with van der Waals surface area (Å²) in [6.45, 7) is 6.70. The summed E-state index contributed by atoms with van der Waals surface area (Å²) >= 11 is 0. The fraction of sp³-hybridized carbons (Fsp3) is 0.391. The van der Waals surface area contributed by atoms with Crippen LogP contribution >= 0.6 is 0 Å². The first-order valence-electron chi connectivity index (χ1n) is 10.2. The second-order valence-electron chi connectivity index (χ2n) is 7.75. The van der Waals surface area contributed by atoms with Crippen molar-refractivity contribution in [3.8, 4) is 5.75 Å². The van der Waals surface area contributed by atoms with Crippen LogP contribution in [0.15, 0.2) is 42.5 Å². The molecule has 1 amide bonds. The van der Waals surface area contributed by atoms with Gasteiger partial charge in [0.2, 0.25) is 5.91 Å². The van der Waals surface area contributed by atoms with Gasteiger partial charge in [0.05, 0.1) is 24.5 Å². The number of hydrogen-bond acceptors (Lipinski definition) is 5. The highest BCUT2D eigenvalue weighted by Crippen LogP contribution is 2.40. The van der Waals surface area contributed by atoms with Crippen molar-refractivity contribution in [2.24, 2.45) is 0 Å². The molecule has 0 bridgehead atoms. The number of carbonyl (C=O) groups is 2. The molecule has 30 heavy (non-hydrogen) atoms. The minimum atomic E-state index is -1.00. The Hall–Kier alpha value is -3.06. The molecule has 1 N–H and O–H groups in total. The molecular formula is C23H26N2O5. The summed E-state index contributed by atoms with van der Waals surface area (Å²) in [5, 5.41) is 9.41. The van der Waals surface area contributed by atoms with Gasteiger partial charge in [-0.3, -0.25) is 4.79 Å². The molecule has 1 fully saturated rings. The zero-order valence-electron chi connectivity index (χ0n) is 17.2. The van der Waals surface area contributed by atoms with E-state index in [1.807, 2.05) is 31.2 Å². The van der Waals surface area contributed by atoms with Crippen molar-refractivity contribution in [2.45, 2.75) is 32.4 Å². The highest BCUT2D eigenvalue weighted by molar-refractivity contribution is 5.95. The van der Waals surface area contributed by atoms with Crippen molar-refractivity contribution >= 4 is 23.3 Å². The van der Waals surface area contributed by atoms with E-state index in [4.69, 9.17) is 9.47 Å². The van der Waals surface area contributed by atoms with E-state index in [0.717, 1.165) is 37.6 Å². The Labute approximate surface area is 175 Å². The van der Waals surface area contributed by atoms with Crippen LogP contribution in [0.3, 0.4) is 0 Å². The van der Waals surface area contributed by atoms with E-state index >= 15 is 0 Å². The van der Waals surface area contributed by atoms with Crippen molar-refractivity contribution in [3.63, 3.8) is 0 Å². The van der Waals surface area contributed by atoms with Gasteiger partial charge in [-0.15, -0.1) is 0 Å². The van der Waals surface area contributed by atoms with Gasteiger partial charge in [0, 0.05) is 43.7 Å². The summed E-state index contributed by atoms with van der Waals surface area (Å²) in [7, 11) is 0. The summed E-state index contributed by atoms with van der Waals surface area (Å²) in [4.78, 5) is 27.7. The SMILES string of the molecule is CC(=O)N1c2ccc(C(=O)O)cc2[C@@H](Oc2ccc(N3CCOCC3)cc2)C[C@@H]1C. The van der Waals surface area contributed by atoms with Crippen LogP contribution in [0.4, 0.5) is 11.4 Å². The normalized spacial score (nSPS) is 21.1. The molecule has 2 aliphatic heterocycles. The molecular weight excluding hydrogens is 384 g/mol. The van der Waals surface area contributed by atoms with E-state index < -0.39 is 5.97 Å². The van der Waals surface area contributed by atoms with Gasteiger partial charge < -0.3 is 24.4 Å². The van der Waals surface area contributed by atoms with Crippen LogP contribution in [-0.4, -0.2) is 49.3 Å². The standard InChI is InChI=1S/C23H26N2O5/c1-15-13-22(20-14-17(23(27)28)3-8-21(20)25(15)16(2)26)30-19-6-4-18(5-7-19)24-9-11-29-12-10-24/h3-8,14-15,22H,9-13H2,1-2H3,(H,27,28)/t15-,22-/m0/s1. The van der Waals surface area contributed by atoms with Gasteiger partial charge in [-0.2, -0.15) is 0 Å². The number of fused-ring (bicyclic) bond motifs is 1. The van der Waals surface area contributed by atoms with Crippen LogP contribution in [0.25, 0.3) is 0 Å². The maximum atomic E-state index is 12.2. The smallest absolute Gasteiger partial charge is 0.335 e. The third kappa shape index (κ3) is 3.98. The Bertz CT molecular complexity index is 937.